The van der Waals surface area contributed by atoms with Gasteiger partial charge in [-0.3, -0.25) is 10.1 Å². The summed E-state index contributed by atoms with van der Waals surface area (Å²) in [5.74, 6) is 0. The van der Waals surface area contributed by atoms with Crippen LogP contribution in [0.2, 0.25) is 0 Å². The first kappa shape index (κ1) is 16.1. The van der Waals surface area contributed by atoms with Crippen molar-refractivity contribution in [3.8, 4) is 0 Å². The molecule has 1 atom stereocenters. The largest absolute Gasteiger partial charge is 0.313 e. The molecule has 0 radical (unpaired) electrons. The molecule has 0 aromatic heterocycles. The Kier molecular flexibility index (Phi) is 5.50. The third kappa shape index (κ3) is 4.12. The average Bonchev–Trinajstić information content (AvgIpc) is 2.46. The van der Waals surface area contributed by atoms with Crippen LogP contribution in [0.25, 0.3) is 0 Å². The minimum Gasteiger partial charge on any atom is -0.313 e. The number of rotatable bonds is 5. The molecule has 6 heteroatoms. The van der Waals surface area contributed by atoms with E-state index < -0.39 is 0 Å². The second-order valence-electron chi connectivity index (χ2n) is 4.63. The Hall–Kier alpha value is -1.24. The van der Waals surface area contributed by atoms with Gasteiger partial charge in [-0.25, -0.2) is 0 Å². The van der Waals surface area contributed by atoms with Crippen molar-refractivity contribution in [3.05, 3.63) is 72.7 Å². The van der Waals surface area contributed by atoms with Gasteiger partial charge in [-0.15, -0.1) is 0 Å². The Morgan fingerprint density at radius 2 is 1.86 bits per heavy atom. The van der Waals surface area contributed by atoms with Gasteiger partial charge in [0.05, 0.1) is 4.92 Å². The third-order valence-corrected chi connectivity index (χ3v) is 4.45. The van der Waals surface area contributed by atoms with E-state index in [1.54, 1.807) is 24.3 Å². The second kappa shape index (κ2) is 7.15. The second-order valence-corrected chi connectivity index (χ2v) is 6.40. The highest BCUT2D eigenvalue weighted by molar-refractivity contribution is 9.11. The first-order valence-electron chi connectivity index (χ1n) is 6.37. The number of hydrogen-bond acceptors (Lipinski definition) is 3. The molecule has 21 heavy (non-hydrogen) atoms. The quantitative estimate of drug-likeness (QED) is 0.574. The zero-order valence-electron chi connectivity index (χ0n) is 11.3. The maximum atomic E-state index is 10.7. The van der Waals surface area contributed by atoms with Gasteiger partial charge in [0, 0.05) is 27.1 Å². The molecule has 1 N–H and O–H groups in total. The van der Waals surface area contributed by atoms with Crippen LogP contribution in [-0.2, 0) is 6.42 Å². The first-order chi connectivity index (χ1) is 10.0. The SMILES string of the molecule is CNC(Cc1ccc([N+](=O)[O-])cc1)c1ccc(Br)cc1Br. The standard InChI is InChI=1S/C15H14Br2N2O2/c1-18-15(13-7-4-11(16)9-14(13)17)8-10-2-5-12(6-3-10)19(20)21/h2-7,9,15,18H,8H2,1H3. The minimum atomic E-state index is -0.384. The monoisotopic (exact) mass is 412 g/mol. The number of benzene rings is 2. The van der Waals surface area contributed by atoms with Gasteiger partial charge in [-0.2, -0.15) is 0 Å². The van der Waals surface area contributed by atoms with Gasteiger partial charge in [0.15, 0.2) is 0 Å². The lowest BCUT2D eigenvalue weighted by atomic mass is 9.99. The topological polar surface area (TPSA) is 55.2 Å². The third-order valence-electron chi connectivity index (χ3n) is 3.27. The van der Waals surface area contributed by atoms with Gasteiger partial charge in [-0.1, -0.05) is 50.1 Å². The van der Waals surface area contributed by atoms with E-state index in [-0.39, 0.29) is 16.7 Å². The highest BCUT2D eigenvalue weighted by Crippen LogP contribution is 2.29. The molecule has 110 valence electrons. The minimum absolute atomic E-state index is 0.115. The zero-order valence-corrected chi connectivity index (χ0v) is 14.5. The summed E-state index contributed by atoms with van der Waals surface area (Å²) in [4.78, 5) is 10.3. The molecule has 0 saturated carbocycles. The maximum Gasteiger partial charge on any atom is 0.269 e. The van der Waals surface area contributed by atoms with Gasteiger partial charge in [-0.05, 0) is 36.7 Å². The van der Waals surface area contributed by atoms with Crippen LogP contribution >= 0.6 is 31.9 Å². The number of nitrogens with one attached hydrogen (secondary N) is 1. The number of non-ortho nitro benzene ring substituents is 1. The molecule has 0 saturated heterocycles. The summed E-state index contributed by atoms with van der Waals surface area (Å²) in [6.45, 7) is 0. The molecule has 1 unspecified atom stereocenters. The number of nitro benzene ring substituents is 1. The number of nitro groups is 1. The lowest BCUT2D eigenvalue weighted by Crippen LogP contribution is -2.19. The highest BCUT2D eigenvalue weighted by atomic mass is 79.9. The Morgan fingerprint density at radius 3 is 2.38 bits per heavy atom. The highest BCUT2D eigenvalue weighted by Gasteiger charge is 2.14. The molecule has 2 aromatic rings. The molecule has 0 aliphatic rings. The van der Waals surface area contributed by atoms with Crippen molar-refractivity contribution in [2.75, 3.05) is 7.05 Å². The van der Waals surface area contributed by atoms with Crippen molar-refractivity contribution in [1.29, 1.82) is 0 Å². The molecular weight excluding hydrogens is 400 g/mol. The Morgan fingerprint density at radius 1 is 1.19 bits per heavy atom. The molecule has 0 spiro atoms. The van der Waals surface area contributed by atoms with E-state index in [1.165, 1.54) is 0 Å². The lowest BCUT2D eigenvalue weighted by molar-refractivity contribution is -0.384. The van der Waals surface area contributed by atoms with Gasteiger partial charge >= 0.3 is 0 Å². The molecule has 0 amide bonds. The number of likely N-dealkylation sites (N-methyl/N-ethyl adjacent to an activating group) is 1. The van der Waals surface area contributed by atoms with E-state index in [2.05, 4.69) is 43.2 Å². The fourth-order valence-electron chi connectivity index (χ4n) is 2.14. The van der Waals surface area contributed by atoms with E-state index in [4.69, 9.17) is 0 Å². The molecule has 4 nitrogen and oxygen atoms in total. The summed E-state index contributed by atoms with van der Waals surface area (Å²) in [6.07, 6.45) is 0.759. The van der Waals surface area contributed by atoms with Gasteiger partial charge in [0.25, 0.3) is 5.69 Å². The zero-order chi connectivity index (χ0) is 15.4. The molecular formula is C15H14Br2N2O2. The van der Waals surface area contributed by atoms with E-state index in [0.29, 0.717) is 0 Å². The predicted molar refractivity (Wildman–Crippen MR) is 90.4 cm³/mol. The van der Waals surface area contributed by atoms with Crippen molar-refractivity contribution < 1.29 is 4.92 Å². The van der Waals surface area contributed by atoms with Crippen molar-refractivity contribution >= 4 is 37.5 Å². The molecule has 0 heterocycles. The van der Waals surface area contributed by atoms with Gasteiger partial charge in [0.1, 0.15) is 0 Å². The van der Waals surface area contributed by atoms with E-state index >= 15 is 0 Å². The van der Waals surface area contributed by atoms with Crippen molar-refractivity contribution in [1.82, 2.24) is 5.32 Å². The molecule has 0 aliphatic carbocycles. The van der Waals surface area contributed by atoms with Gasteiger partial charge in [0.2, 0.25) is 0 Å². The molecule has 0 bridgehead atoms. The van der Waals surface area contributed by atoms with Crippen LogP contribution in [0.15, 0.2) is 51.4 Å². The molecule has 2 aromatic carbocycles. The maximum absolute atomic E-state index is 10.7. The van der Waals surface area contributed by atoms with Crippen LogP contribution in [-0.4, -0.2) is 12.0 Å². The van der Waals surface area contributed by atoms with Crippen LogP contribution < -0.4 is 5.32 Å². The summed E-state index contributed by atoms with van der Waals surface area (Å²) in [5.41, 5.74) is 2.32. The fourth-order valence-corrected chi connectivity index (χ4v) is 3.46. The van der Waals surface area contributed by atoms with Crippen LogP contribution in [0.5, 0.6) is 0 Å². The van der Waals surface area contributed by atoms with Crippen LogP contribution in [0.4, 0.5) is 5.69 Å². The lowest BCUT2D eigenvalue weighted by Gasteiger charge is -2.18. The molecule has 0 aliphatic heterocycles. The van der Waals surface area contributed by atoms with Crippen LogP contribution in [0, 0.1) is 10.1 Å². The summed E-state index contributed by atoms with van der Waals surface area (Å²) >= 11 is 7.01. The normalized spacial score (nSPS) is 12.1. The predicted octanol–water partition coefficient (Wildman–Crippen LogP) is 4.62. The smallest absolute Gasteiger partial charge is 0.269 e. The summed E-state index contributed by atoms with van der Waals surface area (Å²) in [5, 5.41) is 14.0. The first-order valence-corrected chi connectivity index (χ1v) is 7.95. The summed E-state index contributed by atoms with van der Waals surface area (Å²) in [7, 11) is 1.91. The number of nitrogens with zero attached hydrogens (tertiary/aromatic N) is 1. The summed E-state index contributed by atoms with van der Waals surface area (Å²) in [6, 6.07) is 12.9. The Balaban J connectivity index is 2.20. The van der Waals surface area contributed by atoms with Crippen LogP contribution in [0.3, 0.4) is 0 Å². The average molecular weight is 414 g/mol. The Bertz CT molecular complexity index is 645. The van der Waals surface area contributed by atoms with Crippen molar-refractivity contribution in [2.24, 2.45) is 0 Å². The molecule has 0 fully saturated rings. The van der Waals surface area contributed by atoms with E-state index in [9.17, 15) is 10.1 Å². The molecule has 2 rings (SSSR count). The van der Waals surface area contributed by atoms with E-state index in [0.717, 1.165) is 26.5 Å². The Labute approximate surface area is 140 Å². The van der Waals surface area contributed by atoms with Gasteiger partial charge < -0.3 is 5.32 Å². The van der Waals surface area contributed by atoms with Crippen molar-refractivity contribution in [2.45, 2.75) is 12.5 Å². The fraction of sp³-hybridized carbons (Fsp3) is 0.200. The van der Waals surface area contributed by atoms with E-state index in [1.807, 2.05) is 19.2 Å². The van der Waals surface area contributed by atoms with Crippen molar-refractivity contribution in [3.63, 3.8) is 0 Å². The summed E-state index contributed by atoms with van der Waals surface area (Å²) < 4.78 is 2.04. The number of hydrogen-bond donors (Lipinski definition) is 1. The number of halogens is 2. The van der Waals surface area contributed by atoms with Crippen LogP contribution in [0.1, 0.15) is 17.2 Å².